The van der Waals surface area contributed by atoms with Crippen LogP contribution in [-0.2, 0) is 12.8 Å². The van der Waals surface area contributed by atoms with Gasteiger partial charge in [-0.25, -0.2) is 0 Å². The Morgan fingerprint density at radius 1 is 1.08 bits per heavy atom. The fourth-order valence-corrected chi connectivity index (χ4v) is 2.70. The maximum absolute atomic E-state index is 11.7. The Kier molecular flexibility index (Phi) is 5.23. The normalized spacial score (nSPS) is 10.6. The first-order valence-corrected chi connectivity index (χ1v) is 8.27. The molecular weight excluding hydrogens is 318 g/mol. The van der Waals surface area contributed by atoms with Gasteiger partial charge in [-0.05, 0) is 48.4 Å². The Balaban J connectivity index is 1.62. The van der Waals surface area contributed by atoms with Crippen LogP contribution in [0.1, 0.15) is 18.1 Å². The van der Waals surface area contributed by atoms with Gasteiger partial charge in [0, 0.05) is 12.0 Å². The fraction of sp³-hybridized carbons (Fsp3) is 0.250. The summed E-state index contributed by atoms with van der Waals surface area (Å²) < 4.78 is 16.3. The van der Waals surface area contributed by atoms with Gasteiger partial charge in [0.25, 0.3) is 5.56 Å². The lowest BCUT2D eigenvalue weighted by atomic mass is 10.1. The Hall–Kier alpha value is -2.95. The van der Waals surface area contributed by atoms with E-state index in [1.165, 1.54) is 0 Å². The summed E-state index contributed by atoms with van der Waals surface area (Å²) in [6.45, 7) is 2.51. The van der Waals surface area contributed by atoms with Gasteiger partial charge in [0.15, 0.2) is 5.76 Å². The van der Waals surface area contributed by atoms with Gasteiger partial charge in [0.05, 0.1) is 19.3 Å². The topological polar surface area (TPSA) is 64.5 Å². The summed E-state index contributed by atoms with van der Waals surface area (Å²) in [5.74, 6) is 2.22. The maximum Gasteiger partial charge on any atom is 0.283 e. The van der Waals surface area contributed by atoms with Crippen LogP contribution in [0.15, 0.2) is 57.8 Å². The predicted molar refractivity (Wildman–Crippen MR) is 96.3 cm³/mol. The molecule has 5 heteroatoms. The monoisotopic (exact) mass is 339 g/mol. The number of hydrogen-bond donors (Lipinski definition) is 1. The van der Waals surface area contributed by atoms with Crippen molar-refractivity contribution >= 4 is 0 Å². The second kappa shape index (κ2) is 7.75. The van der Waals surface area contributed by atoms with Crippen LogP contribution in [0.4, 0.5) is 0 Å². The summed E-state index contributed by atoms with van der Waals surface area (Å²) in [5.41, 5.74) is 2.51. The minimum Gasteiger partial charge on any atom is -0.497 e. The zero-order chi connectivity index (χ0) is 17.6. The first kappa shape index (κ1) is 16.9. The highest BCUT2D eigenvalue weighted by molar-refractivity contribution is 5.61. The number of H-pyrrole nitrogens is 1. The van der Waals surface area contributed by atoms with Crippen molar-refractivity contribution in [2.24, 2.45) is 0 Å². The van der Waals surface area contributed by atoms with E-state index in [1.54, 1.807) is 7.11 Å². The van der Waals surface area contributed by atoms with Crippen molar-refractivity contribution in [1.82, 2.24) is 5.16 Å². The van der Waals surface area contributed by atoms with Crippen LogP contribution in [0.5, 0.6) is 11.5 Å². The maximum atomic E-state index is 11.7. The van der Waals surface area contributed by atoms with Crippen molar-refractivity contribution in [3.63, 3.8) is 0 Å². The summed E-state index contributed by atoms with van der Waals surface area (Å²) in [6.07, 6.45) is 1.42. The van der Waals surface area contributed by atoms with Gasteiger partial charge in [-0.15, -0.1) is 0 Å². The molecule has 1 heterocycles. The van der Waals surface area contributed by atoms with E-state index in [0.717, 1.165) is 29.0 Å². The third kappa shape index (κ3) is 3.94. The molecule has 2 aromatic carbocycles. The van der Waals surface area contributed by atoms with Crippen molar-refractivity contribution in [2.75, 3.05) is 13.7 Å². The standard InChI is InChI=1S/C20H21NO4/c1-3-18-19(25-21-20(18)22)15-7-9-16(10-8-15)24-12-11-14-5-4-6-17(13-14)23-2/h4-10,13H,3,11-12H2,1-2H3,(H,21,22). The number of aromatic amines is 1. The zero-order valence-electron chi connectivity index (χ0n) is 14.4. The van der Waals surface area contributed by atoms with E-state index in [2.05, 4.69) is 11.2 Å². The Morgan fingerprint density at radius 2 is 1.88 bits per heavy atom. The van der Waals surface area contributed by atoms with Crippen LogP contribution in [0.25, 0.3) is 11.3 Å². The molecule has 0 aliphatic rings. The molecular formula is C20H21NO4. The van der Waals surface area contributed by atoms with E-state index in [-0.39, 0.29) is 5.56 Å². The molecule has 0 fully saturated rings. The number of methoxy groups -OCH3 is 1. The summed E-state index contributed by atoms with van der Waals surface area (Å²) in [7, 11) is 1.66. The Labute approximate surface area is 146 Å². The second-order valence-corrected chi connectivity index (χ2v) is 5.67. The minimum atomic E-state index is -0.170. The lowest BCUT2D eigenvalue weighted by Gasteiger charge is -2.08. The molecule has 0 aliphatic heterocycles. The first-order chi connectivity index (χ1) is 12.2. The molecule has 1 N–H and O–H groups in total. The number of benzene rings is 2. The summed E-state index contributed by atoms with van der Waals surface area (Å²) >= 11 is 0. The molecule has 5 nitrogen and oxygen atoms in total. The molecule has 3 rings (SSSR count). The third-order valence-electron chi connectivity index (χ3n) is 4.06. The van der Waals surface area contributed by atoms with E-state index in [1.807, 2.05) is 49.4 Å². The Morgan fingerprint density at radius 3 is 2.60 bits per heavy atom. The highest BCUT2D eigenvalue weighted by Crippen LogP contribution is 2.24. The van der Waals surface area contributed by atoms with Crippen molar-refractivity contribution in [3.05, 3.63) is 70.0 Å². The molecule has 0 saturated carbocycles. The highest BCUT2D eigenvalue weighted by Gasteiger charge is 2.12. The molecule has 0 saturated heterocycles. The van der Waals surface area contributed by atoms with Crippen LogP contribution in [0.2, 0.25) is 0 Å². The molecule has 0 bridgehead atoms. The molecule has 0 spiro atoms. The van der Waals surface area contributed by atoms with Crippen molar-refractivity contribution in [1.29, 1.82) is 0 Å². The lowest BCUT2D eigenvalue weighted by molar-refractivity contribution is 0.321. The van der Waals surface area contributed by atoms with E-state index in [9.17, 15) is 4.79 Å². The average molecular weight is 339 g/mol. The summed E-state index contributed by atoms with van der Waals surface area (Å²) in [4.78, 5) is 11.7. The molecule has 0 aliphatic carbocycles. The van der Waals surface area contributed by atoms with Crippen LogP contribution in [0, 0.1) is 0 Å². The van der Waals surface area contributed by atoms with Crippen molar-refractivity contribution in [2.45, 2.75) is 19.8 Å². The van der Waals surface area contributed by atoms with Crippen molar-refractivity contribution in [3.8, 4) is 22.8 Å². The zero-order valence-corrected chi connectivity index (χ0v) is 14.4. The van der Waals surface area contributed by atoms with E-state index < -0.39 is 0 Å². The minimum absolute atomic E-state index is 0.170. The van der Waals surface area contributed by atoms with Gasteiger partial charge >= 0.3 is 0 Å². The van der Waals surface area contributed by atoms with Gasteiger partial charge in [-0.2, -0.15) is 5.16 Å². The predicted octanol–water partition coefficient (Wildman–Crippen LogP) is 3.83. The lowest BCUT2D eigenvalue weighted by Crippen LogP contribution is -2.04. The van der Waals surface area contributed by atoms with Crippen LogP contribution in [0.3, 0.4) is 0 Å². The van der Waals surface area contributed by atoms with Gasteiger partial charge in [-0.1, -0.05) is 19.1 Å². The molecule has 130 valence electrons. The second-order valence-electron chi connectivity index (χ2n) is 5.67. The molecule has 3 aromatic rings. The van der Waals surface area contributed by atoms with Gasteiger partial charge in [0.2, 0.25) is 0 Å². The largest absolute Gasteiger partial charge is 0.497 e. The number of ether oxygens (including phenoxy) is 2. The quantitative estimate of drug-likeness (QED) is 0.710. The van der Waals surface area contributed by atoms with Gasteiger partial charge < -0.3 is 14.0 Å². The third-order valence-corrected chi connectivity index (χ3v) is 4.06. The summed E-state index contributed by atoms with van der Waals surface area (Å²) in [6, 6.07) is 15.5. The van der Waals surface area contributed by atoms with E-state index in [4.69, 9.17) is 14.0 Å². The van der Waals surface area contributed by atoms with Crippen LogP contribution >= 0.6 is 0 Å². The average Bonchev–Trinajstić information content (AvgIpc) is 3.03. The molecule has 0 amide bonds. The molecule has 0 atom stereocenters. The Bertz CT molecular complexity index is 877. The van der Waals surface area contributed by atoms with Crippen LogP contribution < -0.4 is 15.0 Å². The smallest absolute Gasteiger partial charge is 0.283 e. The fourth-order valence-electron chi connectivity index (χ4n) is 2.70. The van der Waals surface area contributed by atoms with Crippen molar-refractivity contribution < 1.29 is 14.0 Å². The summed E-state index contributed by atoms with van der Waals surface area (Å²) in [5, 5.41) is 2.39. The first-order valence-electron chi connectivity index (χ1n) is 8.27. The number of nitrogens with one attached hydrogen (secondary N) is 1. The van der Waals surface area contributed by atoms with E-state index in [0.29, 0.717) is 24.4 Å². The number of rotatable bonds is 7. The molecule has 0 unspecified atom stereocenters. The molecule has 0 radical (unpaired) electrons. The molecule has 1 aromatic heterocycles. The van der Waals surface area contributed by atoms with E-state index >= 15 is 0 Å². The number of aromatic nitrogens is 1. The van der Waals surface area contributed by atoms with Gasteiger partial charge in [-0.3, -0.25) is 4.79 Å². The highest BCUT2D eigenvalue weighted by atomic mass is 16.5. The molecule has 25 heavy (non-hydrogen) atoms. The van der Waals surface area contributed by atoms with Gasteiger partial charge in [0.1, 0.15) is 11.5 Å². The van der Waals surface area contributed by atoms with Crippen LogP contribution in [-0.4, -0.2) is 18.9 Å². The number of hydrogen-bond acceptors (Lipinski definition) is 4. The SMILES string of the molecule is CCc1c(-c2ccc(OCCc3cccc(OC)c3)cc2)o[nH]c1=O.